The number of aliphatic hydroxyl groups is 1. The second-order valence-electron chi connectivity index (χ2n) is 9.97. The van der Waals surface area contributed by atoms with Gasteiger partial charge in [0.05, 0.1) is 10.7 Å². The number of hydrogen-bond donors (Lipinski definition) is 2. The van der Waals surface area contributed by atoms with E-state index in [2.05, 4.69) is 34.0 Å². The van der Waals surface area contributed by atoms with Crippen LogP contribution in [0.15, 0.2) is 42.1 Å². The quantitative estimate of drug-likeness (QED) is 0.183. The molecule has 1 aliphatic carbocycles. The van der Waals surface area contributed by atoms with E-state index in [0.717, 1.165) is 48.7 Å². The lowest BCUT2D eigenvalue weighted by atomic mass is 9.83. The van der Waals surface area contributed by atoms with Crippen LogP contribution >= 0.6 is 11.6 Å². The molecule has 6 nitrogen and oxygen atoms in total. The largest absolute Gasteiger partial charge is 0.396 e. The first-order valence-electron chi connectivity index (χ1n) is 12.7. The Morgan fingerprint density at radius 2 is 2.00 bits per heavy atom. The van der Waals surface area contributed by atoms with Gasteiger partial charge in [0, 0.05) is 56.4 Å². The fourth-order valence-corrected chi connectivity index (χ4v) is 5.97. The number of hydrogen-bond acceptors (Lipinski definition) is 3. The molecule has 2 aromatic heterocycles. The molecule has 0 fully saturated rings. The summed E-state index contributed by atoms with van der Waals surface area (Å²) in [5.74, 6) is 2.90. The average molecular weight is 539 g/mol. The van der Waals surface area contributed by atoms with E-state index in [-0.39, 0.29) is 24.4 Å². The first-order valence-corrected chi connectivity index (χ1v) is 14.8. The van der Waals surface area contributed by atoms with Gasteiger partial charge in [0.15, 0.2) is 0 Å². The molecule has 200 valence electrons. The van der Waals surface area contributed by atoms with E-state index in [0.29, 0.717) is 23.7 Å². The SMILES string of the molecule is C=S(=O)(NC1=C(F)C(C(C)c2cn(C(C)C)c3ncc(Cl)cc23)C=CC1)N(C)CCCCCCCO. The molecule has 36 heavy (non-hydrogen) atoms. The van der Waals surface area contributed by atoms with Crippen LogP contribution in [-0.4, -0.2) is 49.2 Å². The molecule has 0 radical (unpaired) electrons. The van der Waals surface area contributed by atoms with Crippen LogP contribution < -0.4 is 4.72 Å². The van der Waals surface area contributed by atoms with Gasteiger partial charge in [0.25, 0.3) is 0 Å². The summed E-state index contributed by atoms with van der Waals surface area (Å²) in [7, 11) is -1.12. The van der Waals surface area contributed by atoms with Gasteiger partial charge in [-0.25, -0.2) is 17.9 Å². The van der Waals surface area contributed by atoms with Gasteiger partial charge in [-0.3, -0.25) is 0 Å². The standard InChI is InChI=1S/C27H40ClFN4O2S/c1-19(2)33-18-24(23-16-21(28)17-30-27(23)33)20(3)22-12-11-13-25(26(22)29)31-36(5,35)32(4)14-9-7-6-8-10-15-34/h11-12,16-20,22,34H,5-10,13-15H2,1-4H3,(H,31,35). The normalized spacial score (nSPS) is 18.9. The smallest absolute Gasteiger partial charge is 0.140 e. The maximum Gasteiger partial charge on any atom is 0.140 e. The number of nitrogens with zero attached hydrogens (tertiary/aromatic N) is 3. The molecule has 3 rings (SSSR count). The Bertz CT molecular complexity index is 1210. The van der Waals surface area contributed by atoms with Crippen molar-refractivity contribution < 1.29 is 13.7 Å². The van der Waals surface area contributed by atoms with Gasteiger partial charge in [0.2, 0.25) is 0 Å². The van der Waals surface area contributed by atoms with E-state index in [1.165, 1.54) is 0 Å². The molecule has 2 N–H and O–H groups in total. The van der Waals surface area contributed by atoms with Crippen LogP contribution in [0.4, 0.5) is 4.39 Å². The third kappa shape index (κ3) is 6.71. The molecule has 0 amide bonds. The van der Waals surface area contributed by atoms with Gasteiger partial charge in [-0.05, 0) is 50.1 Å². The molecular weight excluding hydrogens is 499 g/mol. The Hall–Kier alpha value is -1.87. The molecule has 0 saturated carbocycles. The molecule has 3 unspecified atom stereocenters. The third-order valence-electron chi connectivity index (χ3n) is 6.92. The monoisotopic (exact) mass is 538 g/mol. The molecule has 1 aliphatic rings. The fraction of sp³-hybridized carbons (Fsp3) is 0.556. The summed E-state index contributed by atoms with van der Waals surface area (Å²) in [5, 5.41) is 10.3. The minimum Gasteiger partial charge on any atom is -0.396 e. The topological polar surface area (TPSA) is 70.4 Å². The lowest BCUT2D eigenvalue weighted by molar-refractivity contribution is 0.282. The van der Waals surface area contributed by atoms with Crippen LogP contribution in [0.2, 0.25) is 5.02 Å². The van der Waals surface area contributed by atoms with Gasteiger partial charge in [0.1, 0.15) is 21.4 Å². The summed E-state index contributed by atoms with van der Waals surface area (Å²) < 4.78 is 35.9. The Labute approximate surface area is 220 Å². The van der Waals surface area contributed by atoms with Crippen LogP contribution in [0.25, 0.3) is 11.0 Å². The molecule has 0 aromatic carbocycles. The Morgan fingerprint density at radius 3 is 2.69 bits per heavy atom. The first-order chi connectivity index (χ1) is 17.1. The summed E-state index contributed by atoms with van der Waals surface area (Å²) in [6.07, 6.45) is 12.5. The summed E-state index contributed by atoms with van der Waals surface area (Å²) in [4.78, 5) is 4.53. The van der Waals surface area contributed by atoms with E-state index in [1.54, 1.807) is 17.5 Å². The van der Waals surface area contributed by atoms with Crippen molar-refractivity contribution in [3.05, 3.63) is 52.7 Å². The second kappa shape index (κ2) is 12.6. The second-order valence-corrected chi connectivity index (χ2v) is 12.5. The van der Waals surface area contributed by atoms with E-state index >= 15 is 4.39 Å². The highest BCUT2D eigenvalue weighted by Crippen LogP contribution is 2.40. The van der Waals surface area contributed by atoms with Crippen LogP contribution in [-0.2, 0) is 9.89 Å². The summed E-state index contributed by atoms with van der Waals surface area (Å²) in [6.45, 7) is 6.99. The fourth-order valence-electron chi connectivity index (χ4n) is 4.67. The number of unbranched alkanes of at least 4 members (excludes halogenated alkanes) is 4. The van der Waals surface area contributed by atoms with Crippen molar-refractivity contribution in [3.63, 3.8) is 0 Å². The molecule has 2 heterocycles. The molecule has 0 aliphatic heterocycles. The Kier molecular flexibility index (Phi) is 10.0. The molecular formula is C27H40ClFN4O2S. The minimum absolute atomic E-state index is 0.182. The maximum atomic E-state index is 15.8. The predicted molar refractivity (Wildman–Crippen MR) is 150 cm³/mol. The number of allylic oxidation sites excluding steroid dienone is 3. The van der Waals surface area contributed by atoms with Crippen LogP contribution in [0.3, 0.4) is 0 Å². The summed E-state index contributed by atoms with van der Waals surface area (Å²) in [6, 6.07) is 2.09. The average Bonchev–Trinajstić information content (AvgIpc) is 3.21. The lowest BCUT2D eigenvalue weighted by Gasteiger charge is -2.28. The zero-order valence-corrected chi connectivity index (χ0v) is 23.4. The Balaban J connectivity index is 1.77. The van der Waals surface area contributed by atoms with Crippen LogP contribution in [0, 0.1) is 5.92 Å². The van der Waals surface area contributed by atoms with Crippen molar-refractivity contribution in [1.82, 2.24) is 18.6 Å². The van der Waals surface area contributed by atoms with Gasteiger partial charge < -0.3 is 14.4 Å². The molecule has 0 bridgehead atoms. The van der Waals surface area contributed by atoms with Gasteiger partial charge in [-0.1, -0.05) is 49.9 Å². The molecule has 0 saturated heterocycles. The maximum absolute atomic E-state index is 15.8. The molecule has 3 atom stereocenters. The number of aromatic nitrogens is 2. The minimum atomic E-state index is -2.87. The van der Waals surface area contributed by atoms with Crippen molar-refractivity contribution in [2.75, 3.05) is 20.2 Å². The van der Waals surface area contributed by atoms with E-state index in [4.69, 9.17) is 16.7 Å². The highest BCUT2D eigenvalue weighted by molar-refractivity contribution is 7.96. The van der Waals surface area contributed by atoms with E-state index < -0.39 is 15.8 Å². The van der Waals surface area contributed by atoms with Crippen molar-refractivity contribution in [2.45, 2.75) is 71.3 Å². The van der Waals surface area contributed by atoms with Crippen molar-refractivity contribution >= 4 is 38.4 Å². The van der Waals surface area contributed by atoms with Crippen molar-refractivity contribution in [2.24, 2.45) is 5.92 Å². The third-order valence-corrected chi connectivity index (χ3v) is 8.88. The Morgan fingerprint density at radius 1 is 1.31 bits per heavy atom. The predicted octanol–water partition coefficient (Wildman–Crippen LogP) is 6.14. The van der Waals surface area contributed by atoms with Crippen molar-refractivity contribution in [3.8, 4) is 0 Å². The van der Waals surface area contributed by atoms with Gasteiger partial charge in [-0.2, -0.15) is 0 Å². The van der Waals surface area contributed by atoms with E-state index in [1.807, 2.05) is 31.3 Å². The summed E-state index contributed by atoms with van der Waals surface area (Å²) >= 11 is 6.26. The summed E-state index contributed by atoms with van der Waals surface area (Å²) in [5.41, 5.74) is 2.14. The molecule has 2 aromatic rings. The number of aliphatic hydroxyl groups excluding tert-OH is 1. The van der Waals surface area contributed by atoms with Gasteiger partial charge >= 0.3 is 0 Å². The number of pyridine rings is 1. The van der Waals surface area contributed by atoms with E-state index in [9.17, 15) is 4.21 Å². The lowest BCUT2D eigenvalue weighted by Crippen LogP contribution is -2.39. The van der Waals surface area contributed by atoms with Crippen molar-refractivity contribution in [1.29, 1.82) is 0 Å². The zero-order chi connectivity index (χ0) is 26.5. The number of halogens is 2. The highest BCUT2D eigenvalue weighted by atomic mass is 35.5. The van der Waals surface area contributed by atoms with Crippen LogP contribution in [0.1, 0.15) is 76.8 Å². The first kappa shape index (κ1) is 28.7. The van der Waals surface area contributed by atoms with Crippen LogP contribution in [0.5, 0.6) is 0 Å². The number of fused-ring (bicyclic) bond motifs is 1. The highest BCUT2D eigenvalue weighted by Gasteiger charge is 2.30. The zero-order valence-electron chi connectivity index (χ0n) is 21.8. The molecule has 9 heteroatoms. The number of rotatable bonds is 13. The van der Waals surface area contributed by atoms with Gasteiger partial charge in [-0.15, -0.1) is 0 Å². The molecule has 0 spiro atoms. The number of nitrogens with one attached hydrogen (secondary N) is 1.